The highest BCUT2D eigenvalue weighted by atomic mass is 16.5. The zero-order valence-corrected chi connectivity index (χ0v) is 10.3. The van der Waals surface area contributed by atoms with Gasteiger partial charge >= 0.3 is 5.97 Å². The van der Waals surface area contributed by atoms with Crippen molar-refractivity contribution < 1.29 is 19.7 Å². The smallest absolute Gasteiger partial charge is 0.307 e. The molecular weight excluding hydrogens is 232 g/mol. The second kappa shape index (κ2) is 5.40. The monoisotopic (exact) mass is 250 g/mol. The van der Waals surface area contributed by atoms with E-state index < -0.39 is 11.6 Å². The SMILES string of the molecule is O=C(O)CC1(Oc2ccccc2CCO)CCC1. The van der Waals surface area contributed by atoms with Gasteiger partial charge in [0.15, 0.2) is 0 Å². The molecule has 1 aromatic rings. The lowest BCUT2D eigenvalue weighted by Gasteiger charge is -2.41. The normalized spacial score (nSPS) is 16.9. The number of para-hydroxylation sites is 1. The molecule has 1 aliphatic rings. The minimum atomic E-state index is -0.825. The van der Waals surface area contributed by atoms with Gasteiger partial charge in [-0.25, -0.2) is 0 Å². The van der Waals surface area contributed by atoms with Crippen LogP contribution in [0.5, 0.6) is 5.75 Å². The summed E-state index contributed by atoms with van der Waals surface area (Å²) >= 11 is 0. The molecule has 0 unspecified atom stereocenters. The van der Waals surface area contributed by atoms with E-state index >= 15 is 0 Å². The average Bonchev–Trinajstić information content (AvgIpc) is 2.28. The van der Waals surface area contributed by atoms with Crippen LogP contribution in [0, 0.1) is 0 Å². The van der Waals surface area contributed by atoms with Crippen molar-refractivity contribution in [3.8, 4) is 5.75 Å². The number of ether oxygens (including phenoxy) is 1. The fraction of sp³-hybridized carbons (Fsp3) is 0.500. The maximum Gasteiger partial charge on any atom is 0.307 e. The third kappa shape index (κ3) is 2.82. The van der Waals surface area contributed by atoms with Gasteiger partial charge < -0.3 is 14.9 Å². The minimum absolute atomic E-state index is 0.0421. The van der Waals surface area contributed by atoms with Crippen LogP contribution >= 0.6 is 0 Å². The first-order chi connectivity index (χ1) is 8.65. The first-order valence-electron chi connectivity index (χ1n) is 6.25. The minimum Gasteiger partial charge on any atom is -0.486 e. The maximum absolute atomic E-state index is 10.9. The highest BCUT2D eigenvalue weighted by Crippen LogP contribution is 2.40. The van der Waals surface area contributed by atoms with E-state index in [0.717, 1.165) is 24.8 Å². The molecule has 4 heteroatoms. The maximum atomic E-state index is 10.9. The van der Waals surface area contributed by atoms with Crippen molar-refractivity contribution >= 4 is 5.97 Å². The first-order valence-corrected chi connectivity index (χ1v) is 6.25. The zero-order valence-electron chi connectivity index (χ0n) is 10.3. The molecular formula is C14H18O4. The van der Waals surface area contributed by atoms with Crippen molar-refractivity contribution in [3.63, 3.8) is 0 Å². The molecule has 1 aromatic carbocycles. The Hall–Kier alpha value is -1.55. The molecule has 0 aliphatic heterocycles. The Kier molecular flexibility index (Phi) is 3.87. The molecule has 0 atom stereocenters. The molecule has 18 heavy (non-hydrogen) atoms. The summed E-state index contributed by atoms with van der Waals surface area (Å²) in [6.45, 7) is 0.0618. The summed E-state index contributed by atoms with van der Waals surface area (Å²) in [6, 6.07) is 7.50. The van der Waals surface area contributed by atoms with Crippen molar-refractivity contribution in [3.05, 3.63) is 29.8 Å². The summed E-state index contributed by atoms with van der Waals surface area (Å²) < 4.78 is 5.94. The summed E-state index contributed by atoms with van der Waals surface area (Å²) in [5, 5.41) is 18.0. The third-order valence-electron chi connectivity index (χ3n) is 3.42. The Bertz CT molecular complexity index is 424. The third-order valence-corrected chi connectivity index (χ3v) is 3.42. The van der Waals surface area contributed by atoms with E-state index in [1.807, 2.05) is 24.3 Å². The van der Waals surface area contributed by atoms with E-state index in [-0.39, 0.29) is 13.0 Å². The van der Waals surface area contributed by atoms with Gasteiger partial charge in [-0.3, -0.25) is 4.79 Å². The van der Waals surface area contributed by atoms with Crippen LogP contribution in [0.2, 0.25) is 0 Å². The second-order valence-electron chi connectivity index (χ2n) is 4.79. The topological polar surface area (TPSA) is 66.8 Å². The molecule has 1 saturated carbocycles. The number of benzene rings is 1. The largest absolute Gasteiger partial charge is 0.486 e. The number of carboxylic acids is 1. The van der Waals surface area contributed by atoms with Gasteiger partial charge in [-0.15, -0.1) is 0 Å². The Labute approximate surface area is 106 Å². The van der Waals surface area contributed by atoms with E-state index in [1.165, 1.54) is 0 Å². The van der Waals surface area contributed by atoms with E-state index in [0.29, 0.717) is 12.2 Å². The summed E-state index contributed by atoms with van der Waals surface area (Å²) in [6.07, 6.45) is 3.15. The van der Waals surface area contributed by atoms with E-state index in [4.69, 9.17) is 14.9 Å². The zero-order chi connectivity index (χ0) is 13.0. The number of aliphatic carboxylic acids is 1. The van der Waals surface area contributed by atoms with Crippen molar-refractivity contribution in [2.75, 3.05) is 6.61 Å². The van der Waals surface area contributed by atoms with Crippen LogP contribution in [0.1, 0.15) is 31.2 Å². The van der Waals surface area contributed by atoms with Crippen molar-refractivity contribution in [2.24, 2.45) is 0 Å². The van der Waals surface area contributed by atoms with Crippen LogP contribution in [-0.4, -0.2) is 28.4 Å². The number of hydrogen-bond donors (Lipinski definition) is 2. The molecule has 0 aromatic heterocycles. The molecule has 0 heterocycles. The molecule has 1 fully saturated rings. The summed E-state index contributed by atoms with van der Waals surface area (Å²) in [4.78, 5) is 10.9. The molecule has 0 saturated heterocycles. The van der Waals surface area contributed by atoms with Crippen LogP contribution < -0.4 is 4.74 Å². The van der Waals surface area contributed by atoms with Gasteiger partial charge in [-0.1, -0.05) is 18.2 Å². The summed E-state index contributed by atoms with van der Waals surface area (Å²) in [5.74, 6) is -0.123. The van der Waals surface area contributed by atoms with Gasteiger partial charge in [-0.2, -0.15) is 0 Å². The Morgan fingerprint density at radius 2 is 2.06 bits per heavy atom. The lowest BCUT2D eigenvalue weighted by molar-refractivity contribution is -0.144. The quantitative estimate of drug-likeness (QED) is 0.810. The molecule has 98 valence electrons. The number of carbonyl (C=O) groups is 1. The van der Waals surface area contributed by atoms with Gasteiger partial charge in [0.25, 0.3) is 0 Å². The van der Waals surface area contributed by atoms with E-state index in [9.17, 15) is 4.79 Å². The van der Waals surface area contributed by atoms with Crippen LogP contribution in [0.3, 0.4) is 0 Å². The van der Waals surface area contributed by atoms with Crippen LogP contribution in [-0.2, 0) is 11.2 Å². The highest BCUT2D eigenvalue weighted by molar-refractivity contribution is 5.68. The fourth-order valence-corrected chi connectivity index (χ4v) is 2.33. The number of hydrogen-bond acceptors (Lipinski definition) is 3. The Balaban J connectivity index is 2.14. The summed E-state index contributed by atoms with van der Waals surface area (Å²) in [7, 11) is 0. The molecule has 2 N–H and O–H groups in total. The van der Waals surface area contributed by atoms with Gasteiger partial charge in [0.05, 0.1) is 6.42 Å². The first kappa shape index (κ1) is 12.9. The van der Waals surface area contributed by atoms with Crippen LogP contribution in [0.15, 0.2) is 24.3 Å². The predicted octanol–water partition coefficient (Wildman–Crippen LogP) is 2.00. The Morgan fingerprint density at radius 3 is 2.61 bits per heavy atom. The highest BCUT2D eigenvalue weighted by Gasteiger charge is 2.41. The molecule has 0 spiro atoms. The van der Waals surface area contributed by atoms with Gasteiger partial charge in [-0.05, 0) is 37.3 Å². The van der Waals surface area contributed by atoms with Crippen molar-refractivity contribution in [1.29, 1.82) is 0 Å². The Morgan fingerprint density at radius 1 is 1.33 bits per heavy atom. The molecule has 4 nitrogen and oxygen atoms in total. The lowest BCUT2D eigenvalue weighted by Crippen LogP contribution is -2.45. The molecule has 0 amide bonds. The molecule has 1 aliphatic carbocycles. The van der Waals surface area contributed by atoms with Gasteiger partial charge in [0.1, 0.15) is 11.4 Å². The number of rotatable bonds is 6. The van der Waals surface area contributed by atoms with Gasteiger partial charge in [0.2, 0.25) is 0 Å². The van der Waals surface area contributed by atoms with Crippen LogP contribution in [0.25, 0.3) is 0 Å². The van der Waals surface area contributed by atoms with Gasteiger partial charge in [0, 0.05) is 6.61 Å². The standard InChI is InChI=1S/C14H18O4/c15-9-6-11-4-1-2-5-12(11)18-14(7-3-8-14)10-13(16)17/h1-2,4-5,15H,3,6-10H2,(H,16,17). The summed E-state index contributed by atoms with van der Waals surface area (Å²) in [5.41, 5.74) is 0.383. The predicted molar refractivity (Wildman–Crippen MR) is 66.7 cm³/mol. The van der Waals surface area contributed by atoms with Crippen molar-refractivity contribution in [2.45, 2.75) is 37.7 Å². The molecule has 2 rings (SSSR count). The van der Waals surface area contributed by atoms with Crippen LogP contribution in [0.4, 0.5) is 0 Å². The molecule has 0 radical (unpaired) electrons. The number of aliphatic hydroxyl groups excluding tert-OH is 1. The average molecular weight is 250 g/mol. The van der Waals surface area contributed by atoms with E-state index in [1.54, 1.807) is 0 Å². The fourth-order valence-electron chi connectivity index (χ4n) is 2.33. The number of carboxylic acid groups (broad SMARTS) is 1. The second-order valence-corrected chi connectivity index (χ2v) is 4.79. The lowest BCUT2D eigenvalue weighted by atomic mass is 9.77. The number of aliphatic hydroxyl groups is 1. The van der Waals surface area contributed by atoms with E-state index in [2.05, 4.69) is 0 Å². The molecule has 0 bridgehead atoms. The van der Waals surface area contributed by atoms with Crippen molar-refractivity contribution in [1.82, 2.24) is 0 Å².